The zero-order chi connectivity index (χ0) is 13.4. The van der Waals surface area contributed by atoms with Crippen LogP contribution in [0.3, 0.4) is 0 Å². The van der Waals surface area contributed by atoms with E-state index in [4.69, 9.17) is 21.8 Å². The smallest absolute Gasteiger partial charge is 0.335 e. The molecule has 17 heavy (non-hydrogen) atoms. The maximum atomic E-state index is 10.6. The van der Waals surface area contributed by atoms with E-state index in [9.17, 15) is 9.59 Å². The first-order valence-corrected chi connectivity index (χ1v) is 5.61. The average molecular weight is 259 g/mol. The monoisotopic (exact) mass is 258 g/mol. The van der Waals surface area contributed by atoms with Gasteiger partial charge in [0, 0.05) is 5.88 Å². The van der Waals surface area contributed by atoms with E-state index in [0.29, 0.717) is 0 Å². The molecule has 1 rings (SSSR count). The molecule has 0 aromatic heterocycles. The van der Waals surface area contributed by atoms with Crippen molar-refractivity contribution in [1.29, 1.82) is 0 Å². The minimum Gasteiger partial charge on any atom is -0.478 e. The van der Waals surface area contributed by atoms with Gasteiger partial charge in [0.1, 0.15) is 0 Å². The van der Waals surface area contributed by atoms with E-state index in [2.05, 4.69) is 0 Å². The number of carboxylic acids is 2. The van der Waals surface area contributed by atoms with E-state index in [1.165, 1.54) is 25.1 Å². The summed E-state index contributed by atoms with van der Waals surface area (Å²) in [5.74, 6) is -1.43. The minimum atomic E-state index is -1.11. The Morgan fingerprint density at radius 3 is 1.76 bits per heavy atom. The van der Waals surface area contributed by atoms with E-state index in [-0.39, 0.29) is 16.7 Å². The van der Waals surface area contributed by atoms with Gasteiger partial charge in [0.2, 0.25) is 0 Å². The van der Waals surface area contributed by atoms with Crippen LogP contribution >= 0.6 is 11.6 Å². The summed E-state index contributed by atoms with van der Waals surface area (Å²) >= 11 is 5.19. The highest BCUT2D eigenvalue weighted by atomic mass is 35.5. The summed E-state index contributed by atoms with van der Waals surface area (Å²) in [6.45, 7) is 3.53. The lowest BCUT2D eigenvalue weighted by Gasteiger charge is -2.03. The summed E-state index contributed by atoms with van der Waals surface area (Å²) < 4.78 is 0. The van der Waals surface area contributed by atoms with Crippen molar-refractivity contribution < 1.29 is 19.8 Å². The van der Waals surface area contributed by atoms with Crippen LogP contribution in [0.15, 0.2) is 18.2 Å². The number of benzene rings is 1. The summed E-state index contributed by atoms with van der Waals surface area (Å²) in [4.78, 5) is 21.2. The van der Waals surface area contributed by atoms with Crippen LogP contribution in [0.4, 0.5) is 0 Å². The molecule has 0 spiro atoms. The molecule has 0 unspecified atom stereocenters. The predicted molar refractivity (Wildman–Crippen MR) is 66.1 cm³/mol. The second-order valence-corrected chi connectivity index (χ2v) is 3.66. The van der Waals surface area contributed by atoms with Gasteiger partial charge in [-0.15, -0.1) is 11.6 Å². The fourth-order valence-electron chi connectivity index (χ4n) is 1.10. The van der Waals surface area contributed by atoms with Crippen LogP contribution in [0.25, 0.3) is 0 Å². The molecule has 0 radical (unpaired) electrons. The first kappa shape index (κ1) is 15.4. The Morgan fingerprint density at radius 2 is 1.53 bits per heavy atom. The molecule has 1 aromatic carbocycles. The van der Waals surface area contributed by atoms with Crippen molar-refractivity contribution in [2.24, 2.45) is 0 Å². The van der Waals surface area contributed by atoms with E-state index in [0.717, 1.165) is 12.3 Å². The maximum Gasteiger partial charge on any atom is 0.335 e. The number of alkyl halides is 1. The molecule has 0 bridgehead atoms. The van der Waals surface area contributed by atoms with Crippen LogP contribution in [-0.4, -0.2) is 28.0 Å². The van der Waals surface area contributed by atoms with E-state index in [1.807, 2.05) is 6.92 Å². The minimum absolute atomic E-state index is 0.0277. The first-order chi connectivity index (χ1) is 7.95. The van der Waals surface area contributed by atoms with Crippen molar-refractivity contribution in [3.8, 4) is 0 Å². The van der Waals surface area contributed by atoms with Crippen LogP contribution in [0.1, 0.15) is 39.6 Å². The SMILES string of the molecule is CCCCl.Cc1c(C(=O)O)cccc1C(=O)O. The molecule has 4 nitrogen and oxygen atoms in total. The Morgan fingerprint density at radius 1 is 1.18 bits per heavy atom. The highest BCUT2D eigenvalue weighted by Crippen LogP contribution is 2.13. The number of aromatic carboxylic acids is 2. The molecule has 2 N–H and O–H groups in total. The molecule has 0 amide bonds. The van der Waals surface area contributed by atoms with Crippen molar-refractivity contribution in [1.82, 2.24) is 0 Å². The largest absolute Gasteiger partial charge is 0.478 e. The lowest BCUT2D eigenvalue weighted by atomic mass is 10.0. The number of rotatable bonds is 3. The number of halogens is 1. The van der Waals surface area contributed by atoms with Crippen LogP contribution in [0.5, 0.6) is 0 Å². The Kier molecular flexibility index (Phi) is 6.98. The van der Waals surface area contributed by atoms with Crippen LogP contribution in [0, 0.1) is 6.92 Å². The van der Waals surface area contributed by atoms with Crippen LogP contribution in [-0.2, 0) is 0 Å². The Bertz CT molecular complexity index is 367. The van der Waals surface area contributed by atoms with E-state index < -0.39 is 11.9 Å². The van der Waals surface area contributed by atoms with Gasteiger partial charge in [-0.2, -0.15) is 0 Å². The topological polar surface area (TPSA) is 74.6 Å². The Hall–Kier alpha value is -1.55. The van der Waals surface area contributed by atoms with Gasteiger partial charge in [0.15, 0.2) is 0 Å². The second-order valence-electron chi connectivity index (χ2n) is 3.28. The Balaban J connectivity index is 0.000000557. The van der Waals surface area contributed by atoms with Crippen molar-refractivity contribution in [2.45, 2.75) is 20.3 Å². The lowest BCUT2D eigenvalue weighted by Crippen LogP contribution is -2.06. The average Bonchev–Trinajstić information content (AvgIpc) is 2.29. The quantitative estimate of drug-likeness (QED) is 0.817. The number of hydrogen-bond acceptors (Lipinski definition) is 2. The van der Waals surface area contributed by atoms with E-state index in [1.54, 1.807) is 0 Å². The van der Waals surface area contributed by atoms with Gasteiger partial charge in [0.05, 0.1) is 11.1 Å². The van der Waals surface area contributed by atoms with Gasteiger partial charge < -0.3 is 10.2 Å². The van der Waals surface area contributed by atoms with Crippen molar-refractivity contribution in [2.75, 3.05) is 5.88 Å². The molecule has 0 atom stereocenters. The molecule has 94 valence electrons. The molecule has 0 heterocycles. The first-order valence-electron chi connectivity index (χ1n) is 5.07. The van der Waals surface area contributed by atoms with Gasteiger partial charge in [0.25, 0.3) is 0 Å². The molecule has 0 saturated heterocycles. The van der Waals surface area contributed by atoms with E-state index >= 15 is 0 Å². The summed E-state index contributed by atoms with van der Waals surface area (Å²) in [6, 6.07) is 4.17. The second kappa shape index (κ2) is 7.68. The summed E-state index contributed by atoms with van der Waals surface area (Å²) in [6.07, 6.45) is 1.08. The fraction of sp³-hybridized carbons (Fsp3) is 0.333. The summed E-state index contributed by atoms with van der Waals surface area (Å²) in [7, 11) is 0. The van der Waals surface area contributed by atoms with Crippen molar-refractivity contribution in [3.05, 3.63) is 34.9 Å². The molecular formula is C12H15ClO4. The third kappa shape index (κ3) is 4.87. The zero-order valence-electron chi connectivity index (χ0n) is 9.74. The van der Waals surface area contributed by atoms with Crippen molar-refractivity contribution in [3.63, 3.8) is 0 Å². The summed E-state index contributed by atoms with van der Waals surface area (Å²) in [5, 5.41) is 17.4. The highest BCUT2D eigenvalue weighted by molar-refractivity contribution is 6.17. The Labute approximate surface area is 105 Å². The molecular weight excluding hydrogens is 244 g/mol. The van der Waals surface area contributed by atoms with Crippen LogP contribution < -0.4 is 0 Å². The van der Waals surface area contributed by atoms with Gasteiger partial charge in [-0.25, -0.2) is 9.59 Å². The maximum absolute atomic E-state index is 10.6. The highest BCUT2D eigenvalue weighted by Gasteiger charge is 2.13. The standard InChI is InChI=1S/C9H8O4.C3H7Cl/c1-5-6(8(10)11)3-2-4-7(5)9(12)13;1-2-3-4/h2-4H,1H3,(H,10,11)(H,12,13);2-3H2,1H3. The van der Waals surface area contributed by atoms with Crippen molar-refractivity contribution >= 4 is 23.5 Å². The fourth-order valence-corrected chi connectivity index (χ4v) is 1.10. The van der Waals surface area contributed by atoms with Crippen LogP contribution in [0.2, 0.25) is 0 Å². The van der Waals surface area contributed by atoms with Gasteiger partial charge >= 0.3 is 11.9 Å². The van der Waals surface area contributed by atoms with Gasteiger partial charge in [-0.1, -0.05) is 13.0 Å². The molecule has 1 aromatic rings. The van der Waals surface area contributed by atoms with Gasteiger partial charge in [-0.05, 0) is 31.0 Å². The third-order valence-electron chi connectivity index (χ3n) is 1.98. The molecule has 0 aliphatic carbocycles. The molecule has 0 saturated carbocycles. The molecule has 5 heteroatoms. The number of carboxylic acid groups (broad SMARTS) is 2. The lowest BCUT2D eigenvalue weighted by molar-refractivity contribution is 0.0696. The summed E-state index contributed by atoms with van der Waals surface area (Å²) in [5.41, 5.74) is 0.335. The third-order valence-corrected chi connectivity index (χ3v) is 2.36. The predicted octanol–water partition coefficient (Wildman–Crippen LogP) is 3.03. The molecule has 0 aliphatic rings. The number of carbonyl (C=O) groups is 2. The van der Waals surface area contributed by atoms with Gasteiger partial charge in [-0.3, -0.25) is 0 Å². The molecule has 0 fully saturated rings. The zero-order valence-corrected chi connectivity index (χ0v) is 10.5. The normalized spacial score (nSPS) is 9.12. The molecule has 0 aliphatic heterocycles. The number of hydrogen-bond donors (Lipinski definition) is 2.